The molecule has 0 aromatic heterocycles. The van der Waals surface area contributed by atoms with Gasteiger partial charge >= 0.3 is 0 Å². The van der Waals surface area contributed by atoms with Crippen molar-refractivity contribution in [2.75, 3.05) is 0 Å². The van der Waals surface area contributed by atoms with Gasteiger partial charge in [-0.25, -0.2) is 0 Å². The van der Waals surface area contributed by atoms with Gasteiger partial charge in [0.25, 0.3) is 0 Å². The quantitative estimate of drug-likeness (QED) is 0.451. The summed E-state index contributed by atoms with van der Waals surface area (Å²) in [7, 11) is 0. The van der Waals surface area contributed by atoms with Crippen molar-refractivity contribution in [3.63, 3.8) is 0 Å². The Morgan fingerprint density at radius 1 is 1.22 bits per heavy atom. The van der Waals surface area contributed by atoms with Crippen molar-refractivity contribution < 1.29 is 4.39 Å². The lowest BCUT2D eigenvalue weighted by Crippen LogP contribution is -2.13. The van der Waals surface area contributed by atoms with Gasteiger partial charge in [-0.3, -0.25) is 0 Å². The van der Waals surface area contributed by atoms with E-state index in [1.807, 2.05) is 6.08 Å². The number of allylic oxidation sites excluding steroid dienone is 4. The Morgan fingerprint density at radius 2 is 1.91 bits per heavy atom. The Balaban J connectivity index is 1.72. The summed E-state index contributed by atoms with van der Waals surface area (Å²) in [4.78, 5) is 0. The van der Waals surface area contributed by atoms with Crippen LogP contribution in [0, 0.1) is 17.2 Å². The number of nitriles is 1. The van der Waals surface area contributed by atoms with Gasteiger partial charge in [0, 0.05) is 0 Å². The molecule has 1 aromatic carbocycles. The van der Waals surface area contributed by atoms with E-state index in [2.05, 4.69) is 31.2 Å². The Bertz CT molecular complexity index is 569. The average molecular weight is 311 g/mol. The van der Waals surface area contributed by atoms with Gasteiger partial charge in [-0.1, -0.05) is 43.3 Å². The number of hydrogen-bond acceptors (Lipinski definition) is 1. The fourth-order valence-corrected chi connectivity index (χ4v) is 3.43. The number of nitrogens with zero attached hydrogens (tertiary/aromatic N) is 1. The van der Waals surface area contributed by atoms with Gasteiger partial charge in [0.2, 0.25) is 0 Å². The highest BCUT2D eigenvalue weighted by Gasteiger charge is 2.21. The summed E-state index contributed by atoms with van der Waals surface area (Å²) in [5.74, 6) is 0.784. The molecule has 1 aliphatic rings. The van der Waals surface area contributed by atoms with Crippen LogP contribution < -0.4 is 0 Å². The first-order valence-corrected chi connectivity index (χ1v) is 8.74. The second kappa shape index (κ2) is 9.30. The van der Waals surface area contributed by atoms with Gasteiger partial charge in [-0.05, 0) is 74.0 Å². The molecule has 1 aliphatic carbocycles. The Morgan fingerprint density at radius 3 is 2.52 bits per heavy atom. The SMILES string of the molecule is CCc1ccc(C2CCC(CCC=CC=C(F)C#N)CC2)cc1. The van der Waals surface area contributed by atoms with E-state index >= 15 is 0 Å². The van der Waals surface area contributed by atoms with Gasteiger partial charge in [0.15, 0.2) is 5.83 Å². The monoisotopic (exact) mass is 311 g/mol. The lowest BCUT2D eigenvalue weighted by Gasteiger charge is -2.28. The molecule has 0 aliphatic heterocycles. The molecule has 122 valence electrons. The average Bonchev–Trinajstić information content (AvgIpc) is 2.62. The van der Waals surface area contributed by atoms with Gasteiger partial charge in [-0.15, -0.1) is 0 Å². The van der Waals surface area contributed by atoms with Crippen LogP contribution >= 0.6 is 0 Å². The zero-order valence-electron chi connectivity index (χ0n) is 14.0. The lowest BCUT2D eigenvalue weighted by molar-refractivity contribution is 0.312. The maximum Gasteiger partial charge on any atom is 0.199 e. The minimum Gasteiger partial charge on any atom is -0.195 e. The molecule has 0 N–H and O–H groups in total. The van der Waals surface area contributed by atoms with Crippen molar-refractivity contribution >= 4 is 0 Å². The molecule has 0 bridgehead atoms. The summed E-state index contributed by atoms with van der Waals surface area (Å²) in [6.07, 6.45) is 13.2. The van der Waals surface area contributed by atoms with Crippen molar-refractivity contribution in [1.29, 1.82) is 5.26 Å². The molecule has 0 spiro atoms. The van der Waals surface area contributed by atoms with E-state index in [-0.39, 0.29) is 0 Å². The van der Waals surface area contributed by atoms with E-state index in [1.165, 1.54) is 55.4 Å². The van der Waals surface area contributed by atoms with Crippen molar-refractivity contribution in [3.8, 4) is 6.07 Å². The molecule has 1 saturated carbocycles. The highest BCUT2D eigenvalue weighted by molar-refractivity contribution is 5.25. The van der Waals surface area contributed by atoms with Crippen molar-refractivity contribution in [3.05, 3.63) is 59.4 Å². The predicted molar refractivity (Wildman–Crippen MR) is 93.7 cm³/mol. The third kappa shape index (κ3) is 5.67. The van der Waals surface area contributed by atoms with Crippen molar-refractivity contribution in [2.24, 2.45) is 5.92 Å². The topological polar surface area (TPSA) is 23.8 Å². The molecule has 1 aromatic rings. The molecule has 0 saturated heterocycles. The normalized spacial score (nSPS) is 22.2. The van der Waals surface area contributed by atoms with E-state index in [0.29, 0.717) is 0 Å². The van der Waals surface area contributed by atoms with Gasteiger partial charge in [0.1, 0.15) is 6.07 Å². The summed E-state index contributed by atoms with van der Waals surface area (Å²) >= 11 is 0. The third-order valence-corrected chi connectivity index (χ3v) is 4.93. The van der Waals surface area contributed by atoms with Crippen LogP contribution in [-0.4, -0.2) is 0 Å². The molecule has 23 heavy (non-hydrogen) atoms. The molecule has 0 radical (unpaired) electrons. The van der Waals surface area contributed by atoms with E-state index in [1.54, 1.807) is 6.08 Å². The molecule has 0 heterocycles. The smallest absolute Gasteiger partial charge is 0.195 e. The summed E-state index contributed by atoms with van der Waals surface area (Å²) in [6.45, 7) is 2.19. The molecule has 0 unspecified atom stereocenters. The number of rotatable bonds is 6. The minimum atomic E-state index is -0.726. The largest absolute Gasteiger partial charge is 0.199 e. The Hall–Kier alpha value is -1.88. The van der Waals surface area contributed by atoms with Crippen LogP contribution in [0.5, 0.6) is 0 Å². The molecular formula is C21H26FN. The van der Waals surface area contributed by atoms with Crippen LogP contribution in [-0.2, 0) is 6.42 Å². The van der Waals surface area contributed by atoms with E-state index in [0.717, 1.165) is 24.7 Å². The standard InChI is InChI=1S/C21H26FN/c1-2-17-8-12-19(13-9-17)20-14-10-18(11-15-20)6-4-3-5-7-21(22)16-23/h3,5,7-9,12-13,18,20H,2,4,6,10-11,14-15H2,1H3. The molecule has 0 atom stereocenters. The zero-order valence-corrected chi connectivity index (χ0v) is 14.0. The fourth-order valence-electron chi connectivity index (χ4n) is 3.43. The maximum atomic E-state index is 12.6. The first-order chi connectivity index (χ1) is 11.2. The minimum absolute atomic E-state index is 0.723. The van der Waals surface area contributed by atoms with Crippen LogP contribution in [0.1, 0.15) is 62.5 Å². The number of hydrogen-bond donors (Lipinski definition) is 0. The summed E-state index contributed by atoms with van der Waals surface area (Å²) < 4.78 is 12.6. The second-order valence-electron chi connectivity index (χ2n) is 6.44. The molecule has 1 nitrogen and oxygen atoms in total. The van der Waals surface area contributed by atoms with Gasteiger partial charge in [-0.2, -0.15) is 9.65 Å². The first kappa shape index (κ1) is 17.5. The molecular weight excluding hydrogens is 285 g/mol. The van der Waals surface area contributed by atoms with Crippen LogP contribution in [0.3, 0.4) is 0 Å². The summed E-state index contributed by atoms with van der Waals surface area (Å²) in [6, 6.07) is 10.6. The zero-order chi connectivity index (χ0) is 16.5. The second-order valence-corrected chi connectivity index (χ2v) is 6.44. The molecule has 1 fully saturated rings. The number of halogens is 1. The lowest BCUT2D eigenvalue weighted by atomic mass is 9.77. The van der Waals surface area contributed by atoms with E-state index < -0.39 is 5.83 Å². The highest BCUT2D eigenvalue weighted by Crippen LogP contribution is 2.37. The summed E-state index contributed by atoms with van der Waals surface area (Å²) in [5, 5.41) is 8.32. The molecule has 2 rings (SSSR count). The van der Waals surface area contributed by atoms with Crippen LogP contribution in [0.2, 0.25) is 0 Å². The van der Waals surface area contributed by atoms with Crippen LogP contribution in [0.25, 0.3) is 0 Å². The van der Waals surface area contributed by atoms with E-state index in [4.69, 9.17) is 5.26 Å². The van der Waals surface area contributed by atoms with Gasteiger partial charge < -0.3 is 0 Å². The van der Waals surface area contributed by atoms with Crippen LogP contribution in [0.4, 0.5) is 4.39 Å². The number of aryl methyl sites for hydroxylation is 1. The predicted octanol–water partition coefficient (Wildman–Crippen LogP) is 6.24. The third-order valence-electron chi connectivity index (χ3n) is 4.93. The van der Waals surface area contributed by atoms with Crippen molar-refractivity contribution in [1.82, 2.24) is 0 Å². The number of benzene rings is 1. The highest BCUT2D eigenvalue weighted by atomic mass is 19.1. The molecule has 0 amide bonds. The fraction of sp³-hybridized carbons (Fsp3) is 0.476. The summed E-state index contributed by atoms with van der Waals surface area (Å²) in [5.41, 5.74) is 2.91. The Kier molecular flexibility index (Phi) is 7.07. The van der Waals surface area contributed by atoms with Crippen molar-refractivity contribution in [2.45, 2.75) is 57.8 Å². The molecule has 2 heteroatoms. The maximum absolute atomic E-state index is 12.6. The van der Waals surface area contributed by atoms with Gasteiger partial charge in [0.05, 0.1) is 0 Å². The Labute approximate surface area is 139 Å². The van der Waals surface area contributed by atoms with E-state index in [9.17, 15) is 4.39 Å². The first-order valence-electron chi connectivity index (χ1n) is 8.74. The van der Waals surface area contributed by atoms with Crippen LogP contribution in [0.15, 0.2) is 48.3 Å².